The summed E-state index contributed by atoms with van der Waals surface area (Å²) in [6.45, 7) is 6.66. The molecule has 2 aromatic rings. The standard InChI is InChI=1S/C15H16BrN/c1-15(2,3)12-8-11(9-13(16)10-12)14-6-4-5-7-17-14/h4-10H,1-3H3. The van der Waals surface area contributed by atoms with Crippen molar-refractivity contribution < 1.29 is 0 Å². The summed E-state index contributed by atoms with van der Waals surface area (Å²) < 4.78 is 1.10. The number of hydrogen-bond acceptors (Lipinski definition) is 1. The van der Waals surface area contributed by atoms with Gasteiger partial charge in [0.1, 0.15) is 0 Å². The van der Waals surface area contributed by atoms with Crippen LogP contribution in [0.15, 0.2) is 47.1 Å². The molecule has 2 rings (SSSR count). The lowest BCUT2D eigenvalue weighted by Crippen LogP contribution is -2.11. The first kappa shape index (κ1) is 12.3. The minimum absolute atomic E-state index is 0.146. The van der Waals surface area contributed by atoms with Gasteiger partial charge in [-0.05, 0) is 41.3 Å². The summed E-state index contributed by atoms with van der Waals surface area (Å²) in [6.07, 6.45) is 1.83. The average Bonchev–Trinajstić information content (AvgIpc) is 2.28. The second-order valence-electron chi connectivity index (χ2n) is 5.19. The van der Waals surface area contributed by atoms with Crippen LogP contribution in [0.25, 0.3) is 11.3 Å². The highest BCUT2D eigenvalue weighted by Crippen LogP contribution is 2.30. The van der Waals surface area contributed by atoms with E-state index in [1.807, 2.05) is 24.4 Å². The van der Waals surface area contributed by atoms with Gasteiger partial charge in [-0.3, -0.25) is 4.98 Å². The summed E-state index contributed by atoms with van der Waals surface area (Å²) in [5.41, 5.74) is 3.63. The number of rotatable bonds is 1. The van der Waals surface area contributed by atoms with Crippen molar-refractivity contribution in [2.45, 2.75) is 26.2 Å². The lowest BCUT2D eigenvalue weighted by Gasteiger charge is -2.20. The highest BCUT2D eigenvalue weighted by molar-refractivity contribution is 9.10. The molecule has 0 aliphatic heterocycles. The van der Waals surface area contributed by atoms with E-state index >= 15 is 0 Å². The molecular weight excluding hydrogens is 274 g/mol. The highest BCUT2D eigenvalue weighted by atomic mass is 79.9. The Balaban J connectivity index is 2.54. The molecule has 0 aliphatic carbocycles. The zero-order valence-electron chi connectivity index (χ0n) is 10.4. The van der Waals surface area contributed by atoms with Crippen molar-refractivity contribution in [2.24, 2.45) is 0 Å². The van der Waals surface area contributed by atoms with E-state index in [1.54, 1.807) is 0 Å². The second-order valence-corrected chi connectivity index (χ2v) is 6.11. The van der Waals surface area contributed by atoms with Gasteiger partial charge in [-0.2, -0.15) is 0 Å². The first-order valence-corrected chi connectivity index (χ1v) is 6.48. The molecule has 0 atom stereocenters. The Labute approximate surface area is 111 Å². The Morgan fingerprint density at radius 1 is 1.06 bits per heavy atom. The summed E-state index contributed by atoms with van der Waals surface area (Å²) in [5.74, 6) is 0. The number of hydrogen-bond donors (Lipinski definition) is 0. The highest BCUT2D eigenvalue weighted by Gasteiger charge is 2.15. The van der Waals surface area contributed by atoms with Crippen LogP contribution >= 0.6 is 15.9 Å². The van der Waals surface area contributed by atoms with Crippen molar-refractivity contribution in [2.75, 3.05) is 0 Å². The normalized spacial score (nSPS) is 11.5. The number of nitrogens with zero attached hydrogens (tertiary/aromatic N) is 1. The molecule has 0 spiro atoms. The molecule has 0 unspecified atom stereocenters. The van der Waals surface area contributed by atoms with Crippen LogP contribution in [-0.4, -0.2) is 4.98 Å². The first-order chi connectivity index (χ1) is 7.97. The molecule has 88 valence electrons. The van der Waals surface area contributed by atoms with Gasteiger partial charge in [0.15, 0.2) is 0 Å². The molecule has 1 nitrogen and oxygen atoms in total. The Bertz CT molecular complexity index is 512. The second kappa shape index (κ2) is 4.61. The molecule has 0 aliphatic rings. The summed E-state index contributed by atoms with van der Waals surface area (Å²) in [7, 11) is 0. The van der Waals surface area contributed by atoms with Gasteiger partial charge < -0.3 is 0 Å². The number of halogens is 1. The first-order valence-electron chi connectivity index (χ1n) is 5.69. The molecule has 1 aromatic heterocycles. The van der Waals surface area contributed by atoms with Gasteiger partial charge in [0.25, 0.3) is 0 Å². The summed E-state index contributed by atoms with van der Waals surface area (Å²) in [6, 6.07) is 12.5. The van der Waals surface area contributed by atoms with Crippen LogP contribution in [0.3, 0.4) is 0 Å². The minimum atomic E-state index is 0.146. The molecular formula is C15H16BrN. The lowest BCUT2D eigenvalue weighted by molar-refractivity contribution is 0.590. The molecule has 17 heavy (non-hydrogen) atoms. The third-order valence-corrected chi connectivity index (χ3v) is 3.18. The van der Waals surface area contributed by atoms with E-state index in [0.717, 1.165) is 15.7 Å². The maximum atomic E-state index is 4.39. The molecule has 0 saturated carbocycles. The molecule has 0 bridgehead atoms. The van der Waals surface area contributed by atoms with Crippen LogP contribution in [0.2, 0.25) is 0 Å². The van der Waals surface area contributed by atoms with Crippen molar-refractivity contribution in [3.63, 3.8) is 0 Å². The fourth-order valence-corrected chi connectivity index (χ4v) is 2.20. The van der Waals surface area contributed by atoms with Crippen molar-refractivity contribution in [3.8, 4) is 11.3 Å². The topological polar surface area (TPSA) is 12.9 Å². The van der Waals surface area contributed by atoms with Crippen molar-refractivity contribution in [1.29, 1.82) is 0 Å². The van der Waals surface area contributed by atoms with Crippen LogP contribution in [0.1, 0.15) is 26.3 Å². The molecule has 1 heterocycles. The zero-order valence-corrected chi connectivity index (χ0v) is 12.0. The monoisotopic (exact) mass is 289 g/mol. The van der Waals surface area contributed by atoms with E-state index in [4.69, 9.17) is 0 Å². The summed E-state index contributed by atoms with van der Waals surface area (Å²) in [4.78, 5) is 4.39. The van der Waals surface area contributed by atoms with Gasteiger partial charge in [-0.15, -0.1) is 0 Å². The maximum Gasteiger partial charge on any atom is 0.0702 e. The van der Waals surface area contributed by atoms with E-state index in [0.29, 0.717) is 0 Å². The van der Waals surface area contributed by atoms with Gasteiger partial charge in [0.2, 0.25) is 0 Å². The van der Waals surface area contributed by atoms with Gasteiger partial charge in [0.05, 0.1) is 5.69 Å². The quantitative estimate of drug-likeness (QED) is 0.734. The molecule has 0 saturated heterocycles. The molecule has 1 aromatic carbocycles. The Morgan fingerprint density at radius 2 is 1.82 bits per heavy atom. The number of pyridine rings is 1. The molecule has 0 radical (unpaired) electrons. The minimum Gasteiger partial charge on any atom is -0.256 e. The van der Waals surface area contributed by atoms with E-state index in [-0.39, 0.29) is 5.41 Å². The molecule has 0 amide bonds. The Morgan fingerprint density at radius 3 is 2.41 bits per heavy atom. The fraction of sp³-hybridized carbons (Fsp3) is 0.267. The van der Waals surface area contributed by atoms with Crippen LogP contribution in [0.5, 0.6) is 0 Å². The third kappa shape index (κ3) is 2.95. The summed E-state index contributed by atoms with van der Waals surface area (Å²) in [5, 5.41) is 0. The van der Waals surface area contributed by atoms with E-state index in [1.165, 1.54) is 5.56 Å². The molecule has 0 fully saturated rings. The largest absolute Gasteiger partial charge is 0.256 e. The van der Waals surface area contributed by atoms with Crippen LogP contribution in [-0.2, 0) is 5.41 Å². The Kier molecular flexibility index (Phi) is 3.34. The maximum absolute atomic E-state index is 4.39. The predicted octanol–water partition coefficient (Wildman–Crippen LogP) is 4.81. The number of aromatic nitrogens is 1. The van der Waals surface area contributed by atoms with Crippen molar-refractivity contribution in [1.82, 2.24) is 4.98 Å². The smallest absolute Gasteiger partial charge is 0.0702 e. The van der Waals surface area contributed by atoms with Crippen molar-refractivity contribution >= 4 is 15.9 Å². The predicted molar refractivity (Wildman–Crippen MR) is 76.1 cm³/mol. The lowest BCUT2D eigenvalue weighted by atomic mass is 9.86. The fourth-order valence-electron chi connectivity index (χ4n) is 1.70. The average molecular weight is 290 g/mol. The van der Waals surface area contributed by atoms with Crippen molar-refractivity contribution in [3.05, 3.63) is 52.6 Å². The van der Waals surface area contributed by atoms with Gasteiger partial charge in [-0.25, -0.2) is 0 Å². The number of benzene rings is 1. The SMILES string of the molecule is CC(C)(C)c1cc(Br)cc(-c2ccccn2)c1. The van der Waals surface area contributed by atoms with Crippen LogP contribution in [0, 0.1) is 0 Å². The molecule has 2 heteroatoms. The van der Waals surface area contributed by atoms with E-state index in [2.05, 4.69) is 59.9 Å². The van der Waals surface area contributed by atoms with E-state index in [9.17, 15) is 0 Å². The molecule has 0 N–H and O–H groups in total. The van der Waals surface area contributed by atoms with Gasteiger partial charge in [-0.1, -0.05) is 42.8 Å². The summed E-state index contributed by atoms with van der Waals surface area (Å²) >= 11 is 3.57. The third-order valence-electron chi connectivity index (χ3n) is 2.72. The van der Waals surface area contributed by atoms with Crippen LogP contribution < -0.4 is 0 Å². The van der Waals surface area contributed by atoms with E-state index < -0.39 is 0 Å². The van der Waals surface area contributed by atoms with Gasteiger partial charge in [0, 0.05) is 16.2 Å². The van der Waals surface area contributed by atoms with Gasteiger partial charge >= 0.3 is 0 Å². The van der Waals surface area contributed by atoms with Crippen LogP contribution in [0.4, 0.5) is 0 Å². The Hall–Kier alpha value is -1.15. The zero-order chi connectivity index (χ0) is 12.5.